The molecule has 0 aliphatic heterocycles. The predicted octanol–water partition coefficient (Wildman–Crippen LogP) is 2.01. The summed E-state index contributed by atoms with van der Waals surface area (Å²) < 4.78 is 34.0. The zero-order chi connectivity index (χ0) is 25.4. The first-order valence-corrected chi connectivity index (χ1v) is 13.0. The number of rotatable bonds is 10. The first-order chi connectivity index (χ1) is 17.4. The van der Waals surface area contributed by atoms with Crippen molar-refractivity contribution >= 4 is 28.7 Å². The summed E-state index contributed by atoms with van der Waals surface area (Å²) in [7, 11) is 0. The van der Waals surface area contributed by atoms with Crippen molar-refractivity contribution in [1.29, 1.82) is 0 Å². The maximum Gasteiger partial charge on any atom is 0.191 e. The summed E-state index contributed by atoms with van der Waals surface area (Å²) in [6.45, 7) is 1.91. The molecule has 6 atom stereocenters. The van der Waals surface area contributed by atoms with Gasteiger partial charge in [0.25, 0.3) is 0 Å². The molecule has 3 unspecified atom stereocenters. The van der Waals surface area contributed by atoms with Crippen LogP contribution in [0.15, 0.2) is 23.4 Å². The Balaban J connectivity index is 1.43. The average molecular weight is 523 g/mol. The Morgan fingerprint density at radius 3 is 2.75 bits per heavy atom. The van der Waals surface area contributed by atoms with Crippen LogP contribution in [0.25, 0.3) is 11.2 Å². The fraction of sp³-hybridized carbons (Fsp3) is 0.565. The fourth-order valence-corrected chi connectivity index (χ4v) is 5.31. The van der Waals surface area contributed by atoms with Crippen molar-refractivity contribution < 1.29 is 28.8 Å². The third-order valence-corrected chi connectivity index (χ3v) is 7.61. The summed E-state index contributed by atoms with van der Waals surface area (Å²) >= 11 is 1.48. The maximum absolute atomic E-state index is 13.7. The van der Waals surface area contributed by atoms with Gasteiger partial charge in [-0.25, -0.2) is 23.4 Å². The van der Waals surface area contributed by atoms with E-state index in [2.05, 4.69) is 32.5 Å². The van der Waals surface area contributed by atoms with Crippen LogP contribution in [-0.2, 0) is 4.74 Å². The Kier molecular flexibility index (Phi) is 7.35. The number of hydrogen-bond donors (Lipinski definition) is 4. The number of hydrogen-bond acceptors (Lipinski definition) is 10. The minimum Gasteiger partial charge on any atom is -0.394 e. The van der Waals surface area contributed by atoms with Crippen molar-refractivity contribution in [3.63, 3.8) is 0 Å². The molecule has 2 aliphatic rings. The standard InChI is InChI=1S/C23H28F2N6O4S/c1-2-7-36-23-27-21(26-15-9-12(15)11-3-4-13(24)14(25)8-11)18-22(28-23)31(30-29-18)16-10-17(35-6-5-32)20(34)19(16)33/h3-4,8,12,15-17,19-20,32-34H,2,5-7,9-10H2,1H3,(H,26,27,28)/t12?,15-,16?,17-,19+,20?/m0/s1. The molecule has 13 heteroatoms. The van der Waals surface area contributed by atoms with Crippen LogP contribution in [0.2, 0.25) is 0 Å². The Labute approximate surface area is 210 Å². The minimum absolute atomic E-state index is 0.00291. The largest absolute Gasteiger partial charge is 0.394 e. The van der Waals surface area contributed by atoms with Crippen molar-refractivity contribution in [2.75, 3.05) is 24.3 Å². The molecule has 3 aromatic rings. The quantitative estimate of drug-likeness (QED) is 0.231. The fourth-order valence-electron chi connectivity index (χ4n) is 4.61. The van der Waals surface area contributed by atoms with Crippen molar-refractivity contribution in [3.8, 4) is 0 Å². The van der Waals surface area contributed by atoms with Crippen LogP contribution in [0.5, 0.6) is 0 Å². The van der Waals surface area contributed by atoms with Gasteiger partial charge < -0.3 is 25.4 Å². The SMILES string of the molecule is CCCSc1nc(N[C@H]2CC2c2ccc(F)c(F)c2)c2nnn(C3C[C@H](OCCO)C(O)[C@@H]3O)c2n1. The van der Waals surface area contributed by atoms with E-state index in [-0.39, 0.29) is 31.6 Å². The van der Waals surface area contributed by atoms with Gasteiger partial charge in [0.1, 0.15) is 12.2 Å². The number of aliphatic hydroxyl groups is 3. The van der Waals surface area contributed by atoms with E-state index in [4.69, 9.17) is 9.84 Å². The van der Waals surface area contributed by atoms with Gasteiger partial charge >= 0.3 is 0 Å². The highest BCUT2D eigenvalue weighted by atomic mass is 32.2. The zero-order valence-corrected chi connectivity index (χ0v) is 20.4. The molecule has 2 aliphatic carbocycles. The molecule has 2 aromatic heterocycles. The first kappa shape index (κ1) is 25.2. The van der Waals surface area contributed by atoms with E-state index in [1.54, 1.807) is 6.07 Å². The maximum atomic E-state index is 13.7. The average Bonchev–Trinajstić information content (AvgIpc) is 3.41. The van der Waals surface area contributed by atoms with E-state index in [0.29, 0.717) is 27.7 Å². The molecule has 2 heterocycles. The molecular weight excluding hydrogens is 494 g/mol. The van der Waals surface area contributed by atoms with Crippen LogP contribution in [0, 0.1) is 11.6 Å². The van der Waals surface area contributed by atoms with Gasteiger partial charge in [0.15, 0.2) is 33.8 Å². The highest BCUT2D eigenvalue weighted by molar-refractivity contribution is 7.99. The van der Waals surface area contributed by atoms with E-state index in [1.807, 2.05) is 0 Å². The molecule has 2 fully saturated rings. The lowest BCUT2D eigenvalue weighted by molar-refractivity contribution is -0.0629. The molecule has 5 rings (SSSR count). The third kappa shape index (κ3) is 4.90. The molecule has 0 spiro atoms. The van der Waals surface area contributed by atoms with Gasteiger partial charge in [-0.15, -0.1) is 5.10 Å². The number of aliphatic hydroxyl groups excluding tert-OH is 3. The van der Waals surface area contributed by atoms with Gasteiger partial charge in [-0.1, -0.05) is 30.0 Å². The summed E-state index contributed by atoms with van der Waals surface area (Å²) in [6, 6.07) is 3.26. The van der Waals surface area contributed by atoms with E-state index < -0.39 is 36.0 Å². The van der Waals surface area contributed by atoms with Crippen LogP contribution in [-0.4, -0.2) is 83.6 Å². The Bertz CT molecular complexity index is 1230. The number of ether oxygens (including phenoxy) is 1. The van der Waals surface area contributed by atoms with Gasteiger partial charge in [-0.2, -0.15) is 0 Å². The van der Waals surface area contributed by atoms with E-state index in [0.717, 1.165) is 24.7 Å². The van der Waals surface area contributed by atoms with Crippen LogP contribution in [0.1, 0.15) is 43.7 Å². The molecule has 1 aromatic carbocycles. The number of nitrogens with zero attached hydrogens (tertiary/aromatic N) is 5. The van der Waals surface area contributed by atoms with Gasteiger partial charge in [0.05, 0.1) is 25.4 Å². The minimum atomic E-state index is -1.15. The van der Waals surface area contributed by atoms with Crippen molar-refractivity contribution in [2.24, 2.45) is 0 Å². The molecule has 2 saturated carbocycles. The molecule has 4 N–H and O–H groups in total. The Morgan fingerprint density at radius 2 is 2.00 bits per heavy atom. The molecule has 194 valence electrons. The molecule has 10 nitrogen and oxygen atoms in total. The lowest BCUT2D eigenvalue weighted by Gasteiger charge is -2.17. The molecule has 0 bridgehead atoms. The lowest BCUT2D eigenvalue weighted by Crippen LogP contribution is -2.33. The topological polar surface area (TPSA) is 138 Å². The number of anilines is 1. The molecule has 0 amide bonds. The van der Waals surface area contributed by atoms with Crippen molar-refractivity contribution in [3.05, 3.63) is 35.4 Å². The van der Waals surface area contributed by atoms with Gasteiger partial charge in [0.2, 0.25) is 0 Å². The normalized spacial score (nSPS) is 27.6. The van der Waals surface area contributed by atoms with Gasteiger partial charge in [-0.05, 0) is 30.5 Å². The molecular formula is C23H28F2N6O4S. The Hall–Kier alpha value is -2.45. The van der Waals surface area contributed by atoms with Gasteiger partial charge in [-0.3, -0.25) is 0 Å². The second kappa shape index (κ2) is 10.5. The number of aromatic nitrogens is 5. The van der Waals surface area contributed by atoms with E-state index in [9.17, 15) is 19.0 Å². The number of halogens is 2. The van der Waals surface area contributed by atoms with Crippen LogP contribution >= 0.6 is 11.8 Å². The number of benzene rings is 1. The predicted molar refractivity (Wildman–Crippen MR) is 128 cm³/mol. The first-order valence-electron chi connectivity index (χ1n) is 12.0. The van der Waals surface area contributed by atoms with E-state index >= 15 is 0 Å². The highest BCUT2D eigenvalue weighted by Crippen LogP contribution is 2.44. The molecule has 36 heavy (non-hydrogen) atoms. The zero-order valence-electron chi connectivity index (χ0n) is 19.6. The van der Waals surface area contributed by atoms with Gasteiger partial charge in [0, 0.05) is 24.1 Å². The Morgan fingerprint density at radius 1 is 1.17 bits per heavy atom. The second-order valence-corrected chi connectivity index (χ2v) is 10.2. The van der Waals surface area contributed by atoms with Crippen LogP contribution < -0.4 is 5.32 Å². The summed E-state index contributed by atoms with van der Waals surface area (Å²) in [5.41, 5.74) is 1.53. The number of thioether (sulfide) groups is 1. The van der Waals surface area contributed by atoms with Crippen molar-refractivity contribution in [2.45, 2.75) is 67.7 Å². The summed E-state index contributed by atoms with van der Waals surface area (Å²) in [5, 5.41) is 42.5. The lowest BCUT2D eigenvalue weighted by atomic mass is 10.1. The molecule has 0 saturated heterocycles. The second-order valence-electron chi connectivity index (χ2n) is 9.09. The molecule has 0 radical (unpaired) electrons. The summed E-state index contributed by atoms with van der Waals surface area (Å²) in [4.78, 5) is 9.27. The number of nitrogens with one attached hydrogen (secondary N) is 1. The highest BCUT2D eigenvalue weighted by Gasteiger charge is 2.45. The van der Waals surface area contributed by atoms with E-state index in [1.165, 1.54) is 22.5 Å². The van der Waals surface area contributed by atoms with Crippen LogP contribution in [0.3, 0.4) is 0 Å². The summed E-state index contributed by atoms with van der Waals surface area (Å²) in [5.74, 6) is -0.472. The monoisotopic (exact) mass is 522 g/mol. The van der Waals surface area contributed by atoms with Crippen molar-refractivity contribution in [1.82, 2.24) is 25.0 Å². The number of fused-ring (bicyclic) bond motifs is 1. The summed E-state index contributed by atoms with van der Waals surface area (Å²) in [6.07, 6.45) is -1.04. The smallest absolute Gasteiger partial charge is 0.191 e. The van der Waals surface area contributed by atoms with Crippen LogP contribution in [0.4, 0.5) is 14.6 Å². The third-order valence-electron chi connectivity index (χ3n) is 6.56.